The summed E-state index contributed by atoms with van der Waals surface area (Å²) in [5.41, 5.74) is 0. The molecule has 2 saturated heterocycles. The van der Waals surface area contributed by atoms with Crippen LogP contribution in [-0.2, 0) is 9.59 Å². The summed E-state index contributed by atoms with van der Waals surface area (Å²) in [5.74, 6) is 0.0510. The first-order valence-electron chi connectivity index (χ1n) is 6.55. The van der Waals surface area contributed by atoms with Crippen molar-refractivity contribution in [3.8, 4) is 0 Å². The highest BCUT2D eigenvalue weighted by Crippen LogP contribution is 2.33. The predicted molar refractivity (Wildman–Crippen MR) is 62.2 cm³/mol. The summed E-state index contributed by atoms with van der Waals surface area (Å²) in [7, 11) is 0. The first-order valence-corrected chi connectivity index (χ1v) is 6.55. The Hall–Kier alpha value is -1.10. The van der Waals surface area contributed by atoms with Crippen molar-refractivity contribution < 1.29 is 9.59 Å². The lowest BCUT2D eigenvalue weighted by Crippen LogP contribution is -2.43. The van der Waals surface area contributed by atoms with Crippen LogP contribution < -0.4 is 16.0 Å². The minimum absolute atomic E-state index is 0.0376. The van der Waals surface area contributed by atoms with E-state index >= 15 is 0 Å². The fourth-order valence-electron chi connectivity index (χ4n) is 2.92. The van der Waals surface area contributed by atoms with Gasteiger partial charge in [-0.25, -0.2) is 0 Å². The number of amides is 2. The zero-order valence-corrected chi connectivity index (χ0v) is 9.87. The van der Waals surface area contributed by atoms with Crippen LogP contribution in [0.5, 0.6) is 0 Å². The largest absolute Gasteiger partial charge is 0.352 e. The summed E-state index contributed by atoms with van der Waals surface area (Å²) in [6.07, 6.45) is 5.38. The number of fused-ring (bicyclic) bond motifs is 2. The summed E-state index contributed by atoms with van der Waals surface area (Å²) in [6.45, 7) is 0.128. The maximum atomic E-state index is 11.9. The summed E-state index contributed by atoms with van der Waals surface area (Å²) >= 11 is 0. The Morgan fingerprint density at radius 2 is 2.00 bits per heavy atom. The molecule has 2 bridgehead atoms. The van der Waals surface area contributed by atoms with Crippen LogP contribution in [0, 0.1) is 5.92 Å². The molecule has 3 rings (SSSR count). The van der Waals surface area contributed by atoms with Gasteiger partial charge in [-0.2, -0.15) is 0 Å². The van der Waals surface area contributed by atoms with E-state index in [1.807, 2.05) is 0 Å². The lowest BCUT2D eigenvalue weighted by molar-refractivity contribution is -0.129. The number of hydrogen-bond acceptors (Lipinski definition) is 3. The van der Waals surface area contributed by atoms with Crippen molar-refractivity contribution in [1.82, 2.24) is 16.0 Å². The third kappa shape index (κ3) is 2.44. The van der Waals surface area contributed by atoms with Crippen LogP contribution in [0.15, 0.2) is 0 Å². The van der Waals surface area contributed by atoms with Crippen LogP contribution in [0.1, 0.15) is 32.1 Å². The van der Waals surface area contributed by atoms with E-state index in [1.165, 1.54) is 6.42 Å². The molecule has 2 heterocycles. The molecule has 3 atom stereocenters. The van der Waals surface area contributed by atoms with E-state index in [9.17, 15) is 9.59 Å². The highest BCUT2D eigenvalue weighted by atomic mass is 16.2. The highest BCUT2D eigenvalue weighted by molar-refractivity contribution is 5.86. The van der Waals surface area contributed by atoms with Crippen molar-refractivity contribution in [2.45, 2.75) is 50.2 Å². The average Bonchev–Trinajstić information content (AvgIpc) is 2.89. The lowest BCUT2D eigenvalue weighted by atomic mass is 9.88. The molecule has 0 aromatic carbocycles. The number of hydrogen-bond donors (Lipinski definition) is 3. The molecule has 17 heavy (non-hydrogen) atoms. The third-order valence-corrected chi connectivity index (χ3v) is 4.00. The standard InChI is InChI=1S/C12H19N3O2/c16-11(15-7-1-2-7)6-13-12(17)9-5-8-3-4-10(9)14-8/h7-10,14H,1-6H2,(H,13,17)(H,15,16). The minimum atomic E-state index is -0.0584. The van der Waals surface area contributed by atoms with E-state index < -0.39 is 0 Å². The summed E-state index contributed by atoms with van der Waals surface area (Å²) in [4.78, 5) is 23.3. The molecule has 3 N–H and O–H groups in total. The molecule has 5 nitrogen and oxygen atoms in total. The molecular formula is C12H19N3O2. The Balaban J connectivity index is 1.42. The Bertz CT molecular complexity index is 341. The predicted octanol–water partition coefficient (Wildman–Crippen LogP) is -0.478. The van der Waals surface area contributed by atoms with Gasteiger partial charge in [0.05, 0.1) is 12.5 Å². The van der Waals surface area contributed by atoms with E-state index in [-0.39, 0.29) is 24.3 Å². The molecule has 3 unspecified atom stereocenters. The van der Waals surface area contributed by atoms with E-state index in [0.717, 1.165) is 25.7 Å². The van der Waals surface area contributed by atoms with Crippen LogP contribution >= 0.6 is 0 Å². The molecule has 1 aliphatic carbocycles. The fourth-order valence-corrected chi connectivity index (χ4v) is 2.92. The van der Waals surface area contributed by atoms with Gasteiger partial charge in [0.2, 0.25) is 11.8 Å². The quantitative estimate of drug-likeness (QED) is 0.618. The maximum absolute atomic E-state index is 11.9. The number of nitrogens with one attached hydrogen (secondary N) is 3. The SMILES string of the molecule is O=C(CNC(=O)C1CC2CCC1N2)NC1CC1. The van der Waals surface area contributed by atoms with Gasteiger partial charge in [-0.1, -0.05) is 0 Å². The van der Waals surface area contributed by atoms with Crippen molar-refractivity contribution in [3.63, 3.8) is 0 Å². The Labute approximate surface area is 101 Å². The first-order chi connectivity index (χ1) is 8.22. The molecule has 0 aromatic rings. The normalized spacial score (nSPS) is 34.7. The van der Waals surface area contributed by atoms with Crippen LogP contribution in [0.25, 0.3) is 0 Å². The van der Waals surface area contributed by atoms with Gasteiger partial charge in [0.15, 0.2) is 0 Å². The molecule has 2 aliphatic heterocycles. The van der Waals surface area contributed by atoms with Gasteiger partial charge < -0.3 is 16.0 Å². The van der Waals surface area contributed by atoms with Gasteiger partial charge in [-0.05, 0) is 32.1 Å². The maximum Gasteiger partial charge on any atom is 0.239 e. The van der Waals surface area contributed by atoms with Gasteiger partial charge in [0.25, 0.3) is 0 Å². The first kappa shape index (κ1) is 11.0. The third-order valence-electron chi connectivity index (χ3n) is 4.00. The molecule has 1 saturated carbocycles. The molecule has 0 aromatic heterocycles. The van der Waals surface area contributed by atoms with Gasteiger partial charge in [-0.3, -0.25) is 9.59 Å². The van der Waals surface area contributed by atoms with Crippen molar-refractivity contribution in [1.29, 1.82) is 0 Å². The second-order valence-corrected chi connectivity index (χ2v) is 5.45. The molecule has 94 valence electrons. The summed E-state index contributed by atoms with van der Waals surface area (Å²) in [5, 5.41) is 9.04. The Morgan fingerprint density at radius 3 is 2.59 bits per heavy atom. The van der Waals surface area contributed by atoms with Crippen LogP contribution in [0.4, 0.5) is 0 Å². The van der Waals surface area contributed by atoms with Gasteiger partial charge in [0, 0.05) is 18.1 Å². The summed E-state index contributed by atoms with van der Waals surface area (Å²) in [6, 6.07) is 1.23. The van der Waals surface area contributed by atoms with Crippen molar-refractivity contribution in [3.05, 3.63) is 0 Å². The summed E-state index contributed by atoms with van der Waals surface area (Å²) < 4.78 is 0. The smallest absolute Gasteiger partial charge is 0.239 e. The number of carbonyl (C=O) groups is 2. The Kier molecular flexibility index (Phi) is 2.78. The second kappa shape index (κ2) is 4.29. The number of rotatable bonds is 4. The van der Waals surface area contributed by atoms with Crippen LogP contribution in [0.3, 0.4) is 0 Å². The topological polar surface area (TPSA) is 70.2 Å². The monoisotopic (exact) mass is 237 g/mol. The van der Waals surface area contributed by atoms with Crippen molar-refractivity contribution in [2.24, 2.45) is 5.92 Å². The fraction of sp³-hybridized carbons (Fsp3) is 0.833. The van der Waals surface area contributed by atoms with E-state index in [2.05, 4.69) is 16.0 Å². The van der Waals surface area contributed by atoms with Crippen LogP contribution in [0.2, 0.25) is 0 Å². The van der Waals surface area contributed by atoms with Crippen LogP contribution in [-0.4, -0.2) is 36.5 Å². The van der Waals surface area contributed by atoms with E-state index in [1.54, 1.807) is 0 Å². The van der Waals surface area contributed by atoms with Gasteiger partial charge in [-0.15, -0.1) is 0 Å². The van der Waals surface area contributed by atoms with E-state index in [0.29, 0.717) is 18.1 Å². The van der Waals surface area contributed by atoms with Crippen molar-refractivity contribution >= 4 is 11.8 Å². The number of carbonyl (C=O) groups excluding carboxylic acids is 2. The molecular weight excluding hydrogens is 218 g/mol. The molecule has 0 spiro atoms. The minimum Gasteiger partial charge on any atom is -0.352 e. The van der Waals surface area contributed by atoms with Gasteiger partial charge >= 0.3 is 0 Å². The van der Waals surface area contributed by atoms with Gasteiger partial charge in [0.1, 0.15) is 0 Å². The van der Waals surface area contributed by atoms with Crippen molar-refractivity contribution in [2.75, 3.05) is 6.54 Å². The lowest BCUT2D eigenvalue weighted by Gasteiger charge is -2.19. The zero-order valence-electron chi connectivity index (χ0n) is 9.87. The Morgan fingerprint density at radius 1 is 1.18 bits per heavy atom. The second-order valence-electron chi connectivity index (χ2n) is 5.45. The molecule has 5 heteroatoms. The average molecular weight is 237 g/mol. The molecule has 3 fully saturated rings. The highest BCUT2D eigenvalue weighted by Gasteiger charge is 2.42. The van der Waals surface area contributed by atoms with E-state index in [4.69, 9.17) is 0 Å². The molecule has 2 amide bonds. The molecule has 3 aliphatic rings. The molecule has 0 radical (unpaired) electrons. The zero-order chi connectivity index (χ0) is 11.8.